The first-order chi connectivity index (χ1) is 7.31. The molecule has 0 atom stereocenters. The van der Waals surface area contributed by atoms with E-state index in [2.05, 4.69) is 30.0 Å². The Morgan fingerprint density at radius 3 is 2.73 bits per heavy atom. The molecule has 1 saturated heterocycles. The maximum absolute atomic E-state index is 5.78. The molecule has 1 heterocycles. The van der Waals surface area contributed by atoms with Crippen LogP contribution in [-0.2, 0) is 6.54 Å². The van der Waals surface area contributed by atoms with Crippen LogP contribution in [0.3, 0.4) is 0 Å². The van der Waals surface area contributed by atoms with Gasteiger partial charge in [-0.15, -0.1) is 0 Å². The number of rotatable bonds is 2. The van der Waals surface area contributed by atoms with Crippen LogP contribution in [-0.4, -0.2) is 24.6 Å². The number of nitrogens with zero attached hydrogens (tertiary/aromatic N) is 1. The molecule has 0 unspecified atom stereocenters. The second-order valence-electron chi connectivity index (χ2n) is 3.94. The minimum Gasteiger partial charge on any atom is -0.370 e. The monoisotopic (exact) mass is 222 g/mol. The number of hydrogen-bond acceptors (Lipinski definition) is 3. The molecule has 3 heteroatoms. The van der Waals surface area contributed by atoms with E-state index in [9.17, 15) is 0 Å². The second-order valence-corrected chi connectivity index (χ2v) is 5.16. The maximum atomic E-state index is 5.78. The van der Waals surface area contributed by atoms with E-state index in [1.807, 2.05) is 11.8 Å². The van der Waals surface area contributed by atoms with Crippen molar-refractivity contribution in [2.24, 2.45) is 5.73 Å². The van der Waals surface area contributed by atoms with E-state index in [0.29, 0.717) is 6.54 Å². The van der Waals surface area contributed by atoms with Gasteiger partial charge in [0, 0.05) is 36.8 Å². The molecule has 0 radical (unpaired) electrons. The lowest BCUT2D eigenvalue weighted by atomic mass is 10.1. The van der Waals surface area contributed by atoms with E-state index in [0.717, 1.165) is 13.1 Å². The summed E-state index contributed by atoms with van der Waals surface area (Å²) in [6, 6.07) is 6.56. The molecule has 1 aromatic rings. The zero-order valence-corrected chi connectivity index (χ0v) is 10.0. The Hall–Kier alpha value is -0.670. The summed E-state index contributed by atoms with van der Waals surface area (Å²) < 4.78 is 0. The molecule has 0 bridgehead atoms. The first kappa shape index (κ1) is 10.8. The molecule has 0 aromatic heterocycles. The zero-order valence-electron chi connectivity index (χ0n) is 9.20. The van der Waals surface area contributed by atoms with Gasteiger partial charge in [-0.1, -0.05) is 12.1 Å². The average molecular weight is 222 g/mol. The Balaban J connectivity index is 2.27. The lowest BCUT2D eigenvalue weighted by Crippen LogP contribution is -2.33. The third-order valence-corrected chi connectivity index (χ3v) is 3.75. The Bertz CT molecular complexity index is 332. The van der Waals surface area contributed by atoms with Gasteiger partial charge in [0.15, 0.2) is 0 Å². The highest BCUT2D eigenvalue weighted by atomic mass is 32.2. The Labute approximate surface area is 95.8 Å². The van der Waals surface area contributed by atoms with Crippen molar-refractivity contribution in [3.8, 4) is 0 Å². The molecular formula is C12H18N2S. The Kier molecular flexibility index (Phi) is 3.54. The van der Waals surface area contributed by atoms with Gasteiger partial charge in [-0.05, 0) is 24.1 Å². The average Bonchev–Trinajstić information content (AvgIpc) is 2.30. The largest absolute Gasteiger partial charge is 0.370 e. The van der Waals surface area contributed by atoms with Gasteiger partial charge in [0.1, 0.15) is 0 Å². The SMILES string of the molecule is Cc1ccc(CN)c(N2CCSCC2)c1. The Morgan fingerprint density at radius 1 is 1.33 bits per heavy atom. The molecule has 2 rings (SSSR count). The van der Waals surface area contributed by atoms with E-state index in [1.54, 1.807) is 0 Å². The standard InChI is InChI=1S/C12H18N2S/c1-10-2-3-11(9-13)12(8-10)14-4-6-15-7-5-14/h2-3,8H,4-7,9,13H2,1H3. The summed E-state index contributed by atoms with van der Waals surface area (Å²) in [5, 5.41) is 0. The fourth-order valence-electron chi connectivity index (χ4n) is 1.95. The molecular weight excluding hydrogens is 204 g/mol. The molecule has 1 aliphatic rings. The summed E-state index contributed by atoms with van der Waals surface area (Å²) in [6.45, 7) is 5.09. The summed E-state index contributed by atoms with van der Waals surface area (Å²) in [5.41, 5.74) is 9.71. The van der Waals surface area contributed by atoms with Gasteiger partial charge < -0.3 is 10.6 Å². The van der Waals surface area contributed by atoms with E-state index in [4.69, 9.17) is 5.73 Å². The van der Waals surface area contributed by atoms with Crippen LogP contribution in [0.1, 0.15) is 11.1 Å². The van der Waals surface area contributed by atoms with Crippen LogP contribution in [0.15, 0.2) is 18.2 Å². The summed E-state index contributed by atoms with van der Waals surface area (Å²) in [6.07, 6.45) is 0. The third kappa shape index (κ3) is 2.47. The van der Waals surface area contributed by atoms with Crippen molar-refractivity contribution in [3.63, 3.8) is 0 Å². The molecule has 2 nitrogen and oxygen atoms in total. The van der Waals surface area contributed by atoms with E-state index < -0.39 is 0 Å². The van der Waals surface area contributed by atoms with E-state index in [1.165, 1.54) is 28.3 Å². The maximum Gasteiger partial charge on any atom is 0.0414 e. The number of hydrogen-bond donors (Lipinski definition) is 1. The molecule has 0 amide bonds. The molecule has 2 N–H and O–H groups in total. The summed E-state index contributed by atoms with van der Waals surface area (Å²) in [4.78, 5) is 2.46. The predicted octanol–water partition coefficient (Wildman–Crippen LogP) is 2.01. The van der Waals surface area contributed by atoms with Crippen LogP contribution in [0, 0.1) is 6.92 Å². The van der Waals surface area contributed by atoms with Crippen molar-refractivity contribution in [2.75, 3.05) is 29.5 Å². The van der Waals surface area contributed by atoms with Crippen molar-refractivity contribution in [3.05, 3.63) is 29.3 Å². The normalized spacial score (nSPS) is 16.8. The predicted molar refractivity (Wildman–Crippen MR) is 68.6 cm³/mol. The first-order valence-corrected chi connectivity index (χ1v) is 6.59. The van der Waals surface area contributed by atoms with Gasteiger partial charge in [0.05, 0.1) is 0 Å². The number of nitrogens with two attached hydrogens (primary N) is 1. The summed E-state index contributed by atoms with van der Waals surface area (Å²) in [5.74, 6) is 2.47. The van der Waals surface area contributed by atoms with Crippen LogP contribution in [0.4, 0.5) is 5.69 Å². The molecule has 1 fully saturated rings. The van der Waals surface area contributed by atoms with Crippen LogP contribution < -0.4 is 10.6 Å². The number of thioether (sulfide) groups is 1. The van der Waals surface area contributed by atoms with Crippen LogP contribution >= 0.6 is 11.8 Å². The highest BCUT2D eigenvalue weighted by molar-refractivity contribution is 7.99. The van der Waals surface area contributed by atoms with Gasteiger partial charge in [0.2, 0.25) is 0 Å². The molecule has 0 aliphatic carbocycles. The molecule has 1 aliphatic heterocycles. The highest BCUT2D eigenvalue weighted by Crippen LogP contribution is 2.24. The minimum absolute atomic E-state index is 0.638. The van der Waals surface area contributed by atoms with Gasteiger partial charge in [-0.2, -0.15) is 11.8 Å². The van der Waals surface area contributed by atoms with Crippen LogP contribution in [0.5, 0.6) is 0 Å². The molecule has 1 aromatic carbocycles. The quantitative estimate of drug-likeness (QED) is 0.830. The van der Waals surface area contributed by atoms with Crippen molar-refractivity contribution in [2.45, 2.75) is 13.5 Å². The van der Waals surface area contributed by atoms with Gasteiger partial charge in [0.25, 0.3) is 0 Å². The lowest BCUT2D eigenvalue weighted by molar-refractivity contribution is 0.846. The van der Waals surface area contributed by atoms with E-state index in [-0.39, 0.29) is 0 Å². The lowest BCUT2D eigenvalue weighted by Gasteiger charge is -2.30. The highest BCUT2D eigenvalue weighted by Gasteiger charge is 2.13. The first-order valence-electron chi connectivity index (χ1n) is 5.43. The van der Waals surface area contributed by atoms with Gasteiger partial charge in [-0.3, -0.25) is 0 Å². The van der Waals surface area contributed by atoms with Crippen molar-refractivity contribution < 1.29 is 0 Å². The van der Waals surface area contributed by atoms with Gasteiger partial charge in [-0.25, -0.2) is 0 Å². The van der Waals surface area contributed by atoms with Crippen molar-refractivity contribution >= 4 is 17.4 Å². The molecule has 0 spiro atoms. The van der Waals surface area contributed by atoms with Crippen LogP contribution in [0.25, 0.3) is 0 Å². The molecule has 82 valence electrons. The molecule has 0 saturated carbocycles. The van der Waals surface area contributed by atoms with Crippen LogP contribution in [0.2, 0.25) is 0 Å². The topological polar surface area (TPSA) is 29.3 Å². The van der Waals surface area contributed by atoms with Crippen molar-refractivity contribution in [1.82, 2.24) is 0 Å². The number of aryl methyl sites for hydroxylation is 1. The third-order valence-electron chi connectivity index (χ3n) is 2.81. The fraction of sp³-hybridized carbons (Fsp3) is 0.500. The smallest absolute Gasteiger partial charge is 0.0414 e. The second kappa shape index (κ2) is 4.90. The Morgan fingerprint density at radius 2 is 2.07 bits per heavy atom. The van der Waals surface area contributed by atoms with E-state index >= 15 is 0 Å². The van der Waals surface area contributed by atoms with Crippen molar-refractivity contribution in [1.29, 1.82) is 0 Å². The fourth-order valence-corrected chi connectivity index (χ4v) is 2.85. The number of benzene rings is 1. The summed E-state index contributed by atoms with van der Waals surface area (Å²) >= 11 is 2.04. The minimum atomic E-state index is 0.638. The number of anilines is 1. The summed E-state index contributed by atoms with van der Waals surface area (Å²) in [7, 11) is 0. The molecule has 15 heavy (non-hydrogen) atoms. The zero-order chi connectivity index (χ0) is 10.7. The van der Waals surface area contributed by atoms with Gasteiger partial charge >= 0.3 is 0 Å².